The number of ether oxygens (including phenoxy) is 1. The van der Waals surface area contributed by atoms with Gasteiger partial charge in [0.1, 0.15) is 11.3 Å². The Balaban J connectivity index is 2.31. The topological polar surface area (TPSA) is 52.3 Å². The van der Waals surface area contributed by atoms with Gasteiger partial charge in [0.25, 0.3) is 0 Å². The van der Waals surface area contributed by atoms with Crippen molar-refractivity contribution in [2.75, 3.05) is 7.11 Å². The Labute approximate surface area is 123 Å². The van der Waals surface area contributed by atoms with Crippen molar-refractivity contribution in [1.29, 1.82) is 0 Å². The van der Waals surface area contributed by atoms with Crippen LogP contribution >= 0.6 is 15.9 Å². The molecule has 0 spiro atoms. The minimum absolute atomic E-state index is 0.272. The van der Waals surface area contributed by atoms with Crippen LogP contribution in [0.2, 0.25) is 0 Å². The summed E-state index contributed by atoms with van der Waals surface area (Å²) in [7, 11) is 1.55. The van der Waals surface area contributed by atoms with E-state index in [0.717, 1.165) is 10.0 Å². The van der Waals surface area contributed by atoms with Crippen LogP contribution in [-0.2, 0) is 0 Å². The maximum Gasteiger partial charge on any atom is 0.347 e. The van der Waals surface area contributed by atoms with Crippen LogP contribution < -0.4 is 10.4 Å². The molecule has 0 unspecified atom stereocenters. The van der Waals surface area contributed by atoms with E-state index < -0.39 is 5.63 Å². The van der Waals surface area contributed by atoms with E-state index in [4.69, 9.17) is 9.15 Å². The van der Waals surface area contributed by atoms with Gasteiger partial charge in [-0.1, -0.05) is 28.1 Å². The Kier molecular flexibility index (Phi) is 3.28. The van der Waals surface area contributed by atoms with Gasteiger partial charge in [-0.3, -0.25) is 0 Å². The van der Waals surface area contributed by atoms with Crippen LogP contribution in [0.1, 0.15) is 0 Å². The molecule has 0 aliphatic rings. The SMILES string of the molecule is COc1cccc2c(=O)oc(-c3cccc(Br)c3)nc12. The Hall–Kier alpha value is -2.14. The maximum atomic E-state index is 12.1. The lowest BCUT2D eigenvalue weighted by Crippen LogP contribution is -2.04. The molecule has 1 heterocycles. The first-order valence-electron chi connectivity index (χ1n) is 5.93. The normalized spacial score (nSPS) is 10.7. The standard InChI is InChI=1S/C15H10BrNO3/c1-19-12-7-3-6-11-13(12)17-14(20-15(11)18)9-4-2-5-10(16)8-9/h2-8H,1H3. The Morgan fingerprint density at radius 2 is 2.00 bits per heavy atom. The molecular weight excluding hydrogens is 322 g/mol. The summed E-state index contributed by atoms with van der Waals surface area (Å²) in [5, 5.41) is 0.406. The summed E-state index contributed by atoms with van der Waals surface area (Å²) in [5.74, 6) is 0.819. The maximum absolute atomic E-state index is 12.1. The Morgan fingerprint density at radius 3 is 2.75 bits per heavy atom. The lowest BCUT2D eigenvalue weighted by molar-refractivity contribution is 0.417. The van der Waals surface area contributed by atoms with Gasteiger partial charge in [-0.15, -0.1) is 0 Å². The van der Waals surface area contributed by atoms with Crippen molar-refractivity contribution in [1.82, 2.24) is 4.98 Å². The average molecular weight is 332 g/mol. The predicted molar refractivity (Wildman–Crippen MR) is 80.0 cm³/mol. The van der Waals surface area contributed by atoms with Crippen LogP contribution in [0, 0.1) is 0 Å². The van der Waals surface area contributed by atoms with E-state index in [9.17, 15) is 4.79 Å². The van der Waals surface area contributed by atoms with Crippen molar-refractivity contribution in [3.63, 3.8) is 0 Å². The number of hydrogen-bond acceptors (Lipinski definition) is 4. The molecule has 4 nitrogen and oxygen atoms in total. The molecule has 0 fully saturated rings. The van der Waals surface area contributed by atoms with E-state index in [1.807, 2.05) is 24.3 Å². The number of para-hydroxylation sites is 1. The van der Waals surface area contributed by atoms with Crippen LogP contribution in [0.15, 0.2) is 56.1 Å². The van der Waals surface area contributed by atoms with Crippen molar-refractivity contribution >= 4 is 26.8 Å². The highest BCUT2D eigenvalue weighted by Gasteiger charge is 2.11. The van der Waals surface area contributed by atoms with Gasteiger partial charge in [0.15, 0.2) is 0 Å². The molecule has 0 radical (unpaired) electrons. The summed E-state index contributed by atoms with van der Waals surface area (Å²) >= 11 is 3.38. The summed E-state index contributed by atoms with van der Waals surface area (Å²) in [5.41, 5.74) is 0.800. The summed E-state index contributed by atoms with van der Waals surface area (Å²) in [4.78, 5) is 16.5. The minimum Gasteiger partial charge on any atom is -0.494 e. The molecule has 0 aliphatic heterocycles. The third-order valence-electron chi connectivity index (χ3n) is 2.91. The van der Waals surface area contributed by atoms with Crippen molar-refractivity contribution in [3.05, 3.63) is 57.4 Å². The van der Waals surface area contributed by atoms with E-state index in [1.54, 1.807) is 25.3 Å². The van der Waals surface area contributed by atoms with Gasteiger partial charge in [-0.2, -0.15) is 0 Å². The second kappa shape index (κ2) is 5.09. The molecule has 0 bridgehead atoms. The molecule has 0 atom stereocenters. The number of halogens is 1. The largest absolute Gasteiger partial charge is 0.494 e. The number of rotatable bonds is 2. The van der Waals surface area contributed by atoms with Crippen molar-refractivity contribution in [2.45, 2.75) is 0 Å². The number of aromatic nitrogens is 1. The fraction of sp³-hybridized carbons (Fsp3) is 0.0667. The molecule has 1 aromatic heterocycles. The van der Waals surface area contributed by atoms with E-state index >= 15 is 0 Å². The van der Waals surface area contributed by atoms with E-state index in [-0.39, 0.29) is 5.89 Å². The predicted octanol–water partition coefficient (Wildman–Crippen LogP) is 3.63. The number of hydrogen-bond donors (Lipinski definition) is 0. The van der Waals surface area contributed by atoms with Crippen LogP contribution in [0.5, 0.6) is 5.75 Å². The minimum atomic E-state index is -0.427. The van der Waals surface area contributed by atoms with E-state index in [0.29, 0.717) is 16.7 Å². The molecule has 3 aromatic rings. The zero-order valence-corrected chi connectivity index (χ0v) is 12.2. The zero-order valence-electron chi connectivity index (χ0n) is 10.6. The van der Waals surface area contributed by atoms with Crippen LogP contribution in [-0.4, -0.2) is 12.1 Å². The van der Waals surface area contributed by atoms with E-state index in [2.05, 4.69) is 20.9 Å². The van der Waals surface area contributed by atoms with Gasteiger partial charge in [0.05, 0.1) is 12.5 Å². The Bertz CT molecular complexity index is 842. The van der Waals surface area contributed by atoms with Gasteiger partial charge in [0.2, 0.25) is 5.89 Å². The third kappa shape index (κ3) is 2.20. The molecule has 0 N–H and O–H groups in total. The molecule has 100 valence electrons. The van der Waals surface area contributed by atoms with Gasteiger partial charge < -0.3 is 9.15 Å². The van der Waals surface area contributed by atoms with Crippen LogP contribution in [0.3, 0.4) is 0 Å². The van der Waals surface area contributed by atoms with Crippen molar-refractivity contribution in [2.24, 2.45) is 0 Å². The number of benzene rings is 2. The van der Waals surface area contributed by atoms with Gasteiger partial charge in [-0.05, 0) is 30.3 Å². The molecule has 3 rings (SSSR count). The van der Waals surface area contributed by atoms with Crippen molar-refractivity contribution < 1.29 is 9.15 Å². The molecule has 2 aromatic carbocycles. The zero-order chi connectivity index (χ0) is 14.1. The molecule has 5 heteroatoms. The lowest BCUT2D eigenvalue weighted by Gasteiger charge is -2.05. The molecule has 0 aliphatic carbocycles. The fourth-order valence-electron chi connectivity index (χ4n) is 1.98. The monoisotopic (exact) mass is 331 g/mol. The second-order valence-electron chi connectivity index (χ2n) is 4.17. The van der Waals surface area contributed by atoms with Gasteiger partial charge in [-0.25, -0.2) is 9.78 Å². The smallest absolute Gasteiger partial charge is 0.347 e. The number of fused-ring (bicyclic) bond motifs is 1. The summed E-state index contributed by atoms with van der Waals surface area (Å²) in [6.07, 6.45) is 0. The first-order valence-corrected chi connectivity index (χ1v) is 6.72. The summed E-state index contributed by atoms with van der Waals surface area (Å²) in [6, 6.07) is 12.6. The number of nitrogens with zero attached hydrogens (tertiary/aromatic N) is 1. The quantitative estimate of drug-likeness (QED) is 0.719. The highest BCUT2D eigenvalue weighted by molar-refractivity contribution is 9.10. The third-order valence-corrected chi connectivity index (χ3v) is 3.41. The molecule has 20 heavy (non-hydrogen) atoms. The lowest BCUT2D eigenvalue weighted by atomic mass is 10.2. The summed E-state index contributed by atoms with van der Waals surface area (Å²) < 4.78 is 11.4. The molecular formula is C15H10BrNO3. The van der Waals surface area contributed by atoms with Crippen LogP contribution in [0.25, 0.3) is 22.4 Å². The average Bonchev–Trinajstić information content (AvgIpc) is 2.46. The second-order valence-corrected chi connectivity index (χ2v) is 5.09. The molecule has 0 amide bonds. The van der Waals surface area contributed by atoms with E-state index in [1.165, 1.54) is 0 Å². The first kappa shape index (κ1) is 12.9. The first-order chi connectivity index (χ1) is 9.69. The molecule has 0 saturated carbocycles. The van der Waals surface area contributed by atoms with Gasteiger partial charge >= 0.3 is 5.63 Å². The highest BCUT2D eigenvalue weighted by Crippen LogP contribution is 2.26. The highest BCUT2D eigenvalue weighted by atomic mass is 79.9. The van der Waals surface area contributed by atoms with Gasteiger partial charge in [0, 0.05) is 10.0 Å². The van der Waals surface area contributed by atoms with Crippen LogP contribution in [0.4, 0.5) is 0 Å². The van der Waals surface area contributed by atoms with Crippen molar-refractivity contribution in [3.8, 4) is 17.2 Å². The molecule has 0 saturated heterocycles. The Morgan fingerprint density at radius 1 is 1.20 bits per heavy atom. The number of methoxy groups -OCH3 is 1. The fourth-order valence-corrected chi connectivity index (χ4v) is 2.38. The summed E-state index contributed by atoms with van der Waals surface area (Å²) in [6.45, 7) is 0.